The van der Waals surface area contributed by atoms with Gasteiger partial charge in [-0.1, -0.05) is 55.8 Å². The van der Waals surface area contributed by atoms with Gasteiger partial charge in [-0.15, -0.1) is 0 Å². The third kappa shape index (κ3) is 3.56. The van der Waals surface area contributed by atoms with Gasteiger partial charge in [0.1, 0.15) is 0 Å². The van der Waals surface area contributed by atoms with Crippen LogP contribution in [-0.4, -0.2) is 23.2 Å². The number of aliphatic hydroxyl groups excluding tert-OH is 1. The Hall–Kier alpha value is -1.06. The smallest absolute Gasteiger partial charge is 0.230 e. The van der Waals surface area contributed by atoms with Crippen molar-refractivity contribution in [1.82, 2.24) is 5.32 Å². The lowest BCUT2D eigenvalue weighted by atomic mass is 9.63. The summed E-state index contributed by atoms with van der Waals surface area (Å²) in [6.45, 7) is 0. The third-order valence-electron chi connectivity index (χ3n) is 5.58. The highest BCUT2D eigenvalue weighted by atomic mass is 35.5. The molecular formula is C19H26ClNO2. The van der Waals surface area contributed by atoms with Crippen LogP contribution in [0.15, 0.2) is 24.3 Å². The molecule has 0 heterocycles. The van der Waals surface area contributed by atoms with Gasteiger partial charge in [0.15, 0.2) is 0 Å². The van der Waals surface area contributed by atoms with Crippen LogP contribution >= 0.6 is 11.6 Å². The van der Waals surface area contributed by atoms with Crippen LogP contribution in [0.1, 0.15) is 63.4 Å². The number of benzene rings is 1. The molecule has 0 spiro atoms. The zero-order chi connectivity index (χ0) is 16.3. The van der Waals surface area contributed by atoms with Crippen molar-refractivity contribution in [2.24, 2.45) is 0 Å². The molecule has 1 amide bonds. The van der Waals surface area contributed by atoms with Crippen molar-refractivity contribution < 1.29 is 9.90 Å². The zero-order valence-electron chi connectivity index (χ0n) is 13.6. The summed E-state index contributed by atoms with van der Waals surface area (Å²) < 4.78 is 0. The van der Waals surface area contributed by atoms with E-state index in [2.05, 4.69) is 5.32 Å². The summed E-state index contributed by atoms with van der Waals surface area (Å²) >= 11 is 5.98. The van der Waals surface area contributed by atoms with Gasteiger partial charge < -0.3 is 10.4 Å². The van der Waals surface area contributed by atoms with Crippen LogP contribution in [-0.2, 0) is 10.2 Å². The molecule has 0 aliphatic heterocycles. The van der Waals surface area contributed by atoms with E-state index in [-0.39, 0.29) is 11.9 Å². The van der Waals surface area contributed by atoms with E-state index in [1.807, 2.05) is 24.3 Å². The summed E-state index contributed by atoms with van der Waals surface area (Å²) in [4.78, 5) is 13.0. The maximum Gasteiger partial charge on any atom is 0.230 e. The number of amides is 1. The largest absolute Gasteiger partial charge is 0.391 e. The average molecular weight is 336 g/mol. The van der Waals surface area contributed by atoms with E-state index in [1.165, 1.54) is 12.8 Å². The van der Waals surface area contributed by atoms with E-state index in [1.54, 1.807) is 0 Å². The number of rotatable bonds is 3. The van der Waals surface area contributed by atoms with Crippen LogP contribution in [0.2, 0.25) is 5.02 Å². The first-order chi connectivity index (χ1) is 11.1. The van der Waals surface area contributed by atoms with E-state index in [9.17, 15) is 9.90 Å². The molecule has 0 saturated heterocycles. The van der Waals surface area contributed by atoms with Gasteiger partial charge in [-0.2, -0.15) is 0 Å². The van der Waals surface area contributed by atoms with Crippen molar-refractivity contribution >= 4 is 17.5 Å². The molecule has 3 nitrogen and oxygen atoms in total. The first kappa shape index (κ1) is 16.8. The molecule has 1 aromatic carbocycles. The van der Waals surface area contributed by atoms with Crippen LogP contribution < -0.4 is 5.32 Å². The Balaban J connectivity index is 1.73. The monoisotopic (exact) mass is 335 g/mol. The Morgan fingerprint density at radius 1 is 1.04 bits per heavy atom. The molecule has 23 heavy (non-hydrogen) atoms. The molecule has 2 N–H and O–H groups in total. The highest BCUT2D eigenvalue weighted by Gasteiger charge is 2.46. The first-order valence-corrected chi connectivity index (χ1v) is 9.25. The Morgan fingerprint density at radius 2 is 1.70 bits per heavy atom. The van der Waals surface area contributed by atoms with E-state index >= 15 is 0 Å². The molecule has 0 bridgehead atoms. The minimum Gasteiger partial charge on any atom is -0.391 e. The lowest BCUT2D eigenvalue weighted by molar-refractivity contribution is -0.131. The van der Waals surface area contributed by atoms with Crippen molar-refractivity contribution in [3.05, 3.63) is 34.9 Å². The van der Waals surface area contributed by atoms with Crippen LogP contribution in [0.4, 0.5) is 0 Å². The molecule has 2 fully saturated rings. The number of hydrogen-bond donors (Lipinski definition) is 2. The second-order valence-electron chi connectivity index (χ2n) is 7.08. The number of hydrogen-bond acceptors (Lipinski definition) is 2. The molecule has 2 saturated carbocycles. The predicted octanol–water partition coefficient (Wildman–Crippen LogP) is 3.96. The third-order valence-corrected chi connectivity index (χ3v) is 5.84. The van der Waals surface area contributed by atoms with Gasteiger partial charge in [-0.3, -0.25) is 4.79 Å². The van der Waals surface area contributed by atoms with Crippen molar-refractivity contribution in [3.8, 4) is 0 Å². The van der Waals surface area contributed by atoms with E-state index in [4.69, 9.17) is 11.6 Å². The number of carbonyl (C=O) groups is 1. The molecule has 1 aromatic rings. The van der Waals surface area contributed by atoms with Crippen molar-refractivity contribution in [1.29, 1.82) is 0 Å². The Morgan fingerprint density at radius 3 is 2.30 bits per heavy atom. The minimum atomic E-state index is -0.424. The quantitative estimate of drug-likeness (QED) is 0.878. The maximum absolute atomic E-state index is 13.0. The predicted molar refractivity (Wildman–Crippen MR) is 92.6 cm³/mol. The van der Waals surface area contributed by atoms with Crippen molar-refractivity contribution in [3.63, 3.8) is 0 Å². The summed E-state index contributed by atoms with van der Waals surface area (Å²) in [6, 6.07) is 7.54. The van der Waals surface area contributed by atoms with Gasteiger partial charge in [0.05, 0.1) is 17.6 Å². The van der Waals surface area contributed by atoms with Crippen LogP contribution in [0.25, 0.3) is 0 Å². The molecule has 3 rings (SSSR count). The van der Waals surface area contributed by atoms with Crippen molar-refractivity contribution in [2.75, 3.05) is 0 Å². The fourth-order valence-corrected chi connectivity index (χ4v) is 4.01. The summed E-state index contributed by atoms with van der Waals surface area (Å²) in [6.07, 6.45) is 8.60. The van der Waals surface area contributed by atoms with Gasteiger partial charge >= 0.3 is 0 Å². The van der Waals surface area contributed by atoms with E-state index in [0.29, 0.717) is 5.02 Å². The van der Waals surface area contributed by atoms with Crippen LogP contribution in [0, 0.1) is 0 Å². The number of carbonyl (C=O) groups excluding carboxylic acids is 1. The topological polar surface area (TPSA) is 49.3 Å². The standard InChI is InChI=1S/C19H26ClNO2/c20-15-10-8-14(9-11-15)19(12-5-13-19)18(23)21-16-6-3-1-2-4-7-17(16)22/h8-11,16-17,22H,1-7,12-13H2,(H,21,23)/t16-,17-/m0/s1. The molecule has 126 valence electrons. The van der Waals surface area contributed by atoms with Crippen molar-refractivity contribution in [2.45, 2.75) is 75.3 Å². The number of nitrogens with one attached hydrogen (secondary N) is 1. The first-order valence-electron chi connectivity index (χ1n) is 8.87. The lowest BCUT2D eigenvalue weighted by Crippen LogP contribution is -2.54. The fourth-order valence-electron chi connectivity index (χ4n) is 3.89. The highest BCUT2D eigenvalue weighted by Crippen LogP contribution is 2.44. The van der Waals surface area contributed by atoms with Gasteiger partial charge in [0.25, 0.3) is 0 Å². The zero-order valence-corrected chi connectivity index (χ0v) is 14.3. The van der Waals surface area contributed by atoms with Gasteiger partial charge in [-0.25, -0.2) is 0 Å². The Kier molecular flexibility index (Phi) is 5.27. The van der Waals surface area contributed by atoms with E-state index < -0.39 is 11.5 Å². The molecule has 0 unspecified atom stereocenters. The molecular weight excluding hydrogens is 310 g/mol. The second kappa shape index (κ2) is 7.23. The fraction of sp³-hybridized carbons (Fsp3) is 0.632. The maximum atomic E-state index is 13.0. The lowest BCUT2D eigenvalue weighted by Gasteiger charge is -2.42. The molecule has 2 atom stereocenters. The van der Waals surface area contributed by atoms with Crippen LogP contribution in [0.3, 0.4) is 0 Å². The summed E-state index contributed by atoms with van der Waals surface area (Å²) in [5.41, 5.74) is 0.623. The molecule has 4 heteroatoms. The molecule has 0 aromatic heterocycles. The summed E-state index contributed by atoms with van der Waals surface area (Å²) in [7, 11) is 0. The summed E-state index contributed by atoms with van der Waals surface area (Å²) in [5.74, 6) is 0.0793. The second-order valence-corrected chi connectivity index (χ2v) is 7.52. The Labute approximate surface area is 143 Å². The van der Waals surface area contributed by atoms with Gasteiger partial charge in [-0.05, 0) is 43.4 Å². The van der Waals surface area contributed by atoms with E-state index in [0.717, 1.165) is 50.5 Å². The highest BCUT2D eigenvalue weighted by molar-refractivity contribution is 6.30. The van der Waals surface area contributed by atoms with Crippen LogP contribution in [0.5, 0.6) is 0 Å². The molecule has 2 aliphatic rings. The number of halogens is 1. The average Bonchev–Trinajstić information content (AvgIpc) is 2.48. The molecule has 0 radical (unpaired) electrons. The Bertz CT molecular complexity index is 539. The molecule has 2 aliphatic carbocycles. The number of aliphatic hydroxyl groups is 1. The van der Waals surface area contributed by atoms with Gasteiger partial charge in [0.2, 0.25) is 5.91 Å². The normalized spacial score (nSPS) is 27.4. The summed E-state index contributed by atoms with van der Waals surface area (Å²) in [5, 5.41) is 14.2. The SMILES string of the molecule is O=C(N[C@H]1CCCCCC[C@@H]1O)C1(c2ccc(Cl)cc2)CCC1. The van der Waals surface area contributed by atoms with Gasteiger partial charge in [0, 0.05) is 5.02 Å². The minimum absolute atomic E-state index is 0.0793.